The Hall–Kier alpha value is -2.44. The van der Waals surface area contributed by atoms with Crippen molar-refractivity contribution in [3.63, 3.8) is 0 Å². The average Bonchev–Trinajstić information content (AvgIpc) is 2.82. The van der Waals surface area contributed by atoms with E-state index in [9.17, 15) is 14.7 Å². The molecule has 0 aromatic heterocycles. The molecular formula is C19H15NO3S2. The molecule has 1 N–H and O–H groups in total. The monoisotopic (exact) mass is 369 g/mol. The number of benzene rings is 2. The molecule has 1 aliphatic heterocycles. The van der Waals surface area contributed by atoms with Gasteiger partial charge in [-0.25, -0.2) is 4.79 Å². The summed E-state index contributed by atoms with van der Waals surface area (Å²) in [6.45, 7) is 3.81. The highest BCUT2D eigenvalue weighted by Gasteiger charge is 2.34. The molecule has 0 radical (unpaired) electrons. The molecule has 2 aromatic rings. The highest BCUT2D eigenvalue weighted by molar-refractivity contribution is 8.27. The van der Waals surface area contributed by atoms with E-state index in [1.54, 1.807) is 6.07 Å². The van der Waals surface area contributed by atoms with Gasteiger partial charge in [0, 0.05) is 0 Å². The highest BCUT2D eigenvalue weighted by atomic mass is 32.2. The van der Waals surface area contributed by atoms with Crippen LogP contribution in [0.3, 0.4) is 0 Å². The van der Waals surface area contributed by atoms with Crippen LogP contribution >= 0.6 is 24.0 Å². The molecule has 1 aliphatic rings. The lowest BCUT2D eigenvalue weighted by molar-refractivity contribution is -0.113. The van der Waals surface area contributed by atoms with Crippen molar-refractivity contribution < 1.29 is 14.7 Å². The molecule has 4 nitrogen and oxygen atoms in total. The zero-order chi connectivity index (χ0) is 18.1. The SMILES string of the molecule is Cc1cccc(/C=C2\SC(=S)N(c3cc(C(=O)O)ccc3C)C2=O)c1. The Bertz CT molecular complexity index is 934. The summed E-state index contributed by atoms with van der Waals surface area (Å²) in [5.41, 5.74) is 3.45. The lowest BCUT2D eigenvalue weighted by Crippen LogP contribution is -2.28. The number of carbonyl (C=O) groups excluding carboxylic acids is 1. The predicted octanol–water partition coefficient (Wildman–Crippen LogP) is 4.41. The normalized spacial score (nSPS) is 15.9. The number of aromatic carboxylic acids is 1. The van der Waals surface area contributed by atoms with Gasteiger partial charge in [-0.05, 0) is 43.2 Å². The van der Waals surface area contributed by atoms with Crippen LogP contribution in [0.5, 0.6) is 0 Å². The Morgan fingerprint density at radius 3 is 2.64 bits per heavy atom. The topological polar surface area (TPSA) is 57.6 Å². The van der Waals surface area contributed by atoms with Crippen LogP contribution in [0, 0.1) is 13.8 Å². The molecule has 0 bridgehead atoms. The number of carboxylic acids is 1. The van der Waals surface area contributed by atoms with E-state index in [0.29, 0.717) is 14.9 Å². The van der Waals surface area contributed by atoms with Gasteiger partial charge in [-0.3, -0.25) is 9.69 Å². The van der Waals surface area contributed by atoms with Gasteiger partial charge in [0.25, 0.3) is 5.91 Å². The van der Waals surface area contributed by atoms with Crippen molar-refractivity contribution in [2.75, 3.05) is 4.90 Å². The Kier molecular flexibility index (Phi) is 4.74. The molecule has 1 saturated heterocycles. The Labute approximate surface area is 155 Å². The molecule has 2 aromatic carbocycles. The van der Waals surface area contributed by atoms with Crippen molar-refractivity contribution in [2.24, 2.45) is 0 Å². The van der Waals surface area contributed by atoms with Crippen molar-refractivity contribution in [1.29, 1.82) is 0 Å². The van der Waals surface area contributed by atoms with Crippen LogP contribution in [0.2, 0.25) is 0 Å². The van der Waals surface area contributed by atoms with E-state index in [2.05, 4.69) is 0 Å². The first-order valence-corrected chi connectivity index (χ1v) is 8.78. The van der Waals surface area contributed by atoms with Gasteiger partial charge in [0.1, 0.15) is 0 Å². The second kappa shape index (κ2) is 6.82. The van der Waals surface area contributed by atoms with Crippen LogP contribution in [0.15, 0.2) is 47.4 Å². The lowest BCUT2D eigenvalue weighted by Gasteiger charge is -2.17. The summed E-state index contributed by atoms with van der Waals surface area (Å²) in [5.74, 6) is -1.27. The van der Waals surface area contributed by atoms with Gasteiger partial charge in [0.15, 0.2) is 4.32 Å². The number of anilines is 1. The molecule has 3 rings (SSSR count). The summed E-state index contributed by atoms with van der Waals surface area (Å²) >= 11 is 6.59. The van der Waals surface area contributed by atoms with E-state index in [1.807, 2.05) is 44.2 Å². The predicted molar refractivity (Wildman–Crippen MR) is 105 cm³/mol. The van der Waals surface area contributed by atoms with Gasteiger partial charge < -0.3 is 5.11 Å². The molecule has 0 atom stereocenters. The molecule has 126 valence electrons. The number of aryl methyl sites for hydroxylation is 2. The highest BCUT2D eigenvalue weighted by Crippen LogP contribution is 2.37. The second-order valence-corrected chi connectivity index (χ2v) is 7.41. The zero-order valence-corrected chi connectivity index (χ0v) is 15.3. The van der Waals surface area contributed by atoms with Crippen molar-refractivity contribution in [3.8, 4) is 0 Å². The number of thiocarbonyl (C=S) groups is 1. The maximum atomic E-state index is 12.8. The van der Waals surface area contributed by atoms with E-state index in [4.69, 9.17) is 12.2 Å². The number of amides is 1. The largest absolute Gasteiger partial charge is 0.478 e. The maximum absolute atomic E-state index is 12.8. The van der Waals surface area contributed by atoms with Crippen molar-refractivity contribution in [1.82, 2.24) is 0 Å². The van der Waals surface area contributed by atoms with Crippen LogP contribution in [0.4, 0.5) is 5.69 Å². The minimum atomic E-state index is -1.04. The second-order valence-electron chi connectivity index (χ2n) is 5.74. The van der Waals surface area contributed by atoms with Crippen LogP contribution in [0.25, 0.3) is 6.08 Å². The van der Waals surface area contributed by atoms with Crippen molar-refractivity contribution in [3.05, 3.63) is 69.6 Å². The fourth-order valence-corrected chi connectivity index (χ4v) is 3.85. The van der Waals surface area contributed by atoms with Crippen LogP contribution in [0.1, 0.15) is 27.0 Å². The summed E-state index contributed by atoms with van der Waals surface area (Å²) in [6, 6.07) is 12.5. The van der Waals surface area contributed by atoms with E-state index in [1.165, 1.54) is 28.8 Å². The molecule has 0 spiro atoms. The fourth-order valence-electron chi connectivity index (χ4n) is 2.57. The number of carbonyl (C=O) groups is 2. The van der Waals surface area contributed by atoms with Crippen LogP contribution < -0.4 is 4.90 Å². The summed E-state index contributed by atoms with van der Waals surface area (Å²) < 4.78 is 0.398. The first-order chi connectivity index (χ1) is 11.9. The quantitative estimate of drug-likeness (QED) is 0.642. The summed E-state index contributed by atoms with van der Waals surface area (Å²) in [4.78, 5) is 26.0. The number of carboxylic acid groups (broad SMARTS) is 1. The Balaban J connectivity index is 2.00. The molecular weight excluding hydrogens is 354 g/mol. The van der Waals surface area contributed by atoms with Gasteiger partial charge in [-0.15, -0.1) is 0 Å². The van der Waals surface area contributed by atoms with Gasteiger partial charge in [0.05, 0.1) is 16.2 Å². The minimum absolute atomic E-state index is 0.123. The van der Waals surface area contributed by atoms with Crippen molar-refractivity contribution >= 4 is 51.9 Å². The smallest absolute Gasteiger partial charge is 0.335 e. The van der Waals surface area contributed by atoms with E-state index in [0.717, 1.165) is 16.7 Å². The third-order valence-electron chi connectivity index (χ3n) is 3.83. The molecule has 0 saturated carbocycles. The Morgan fingerprint density at radius 1 is 1.20 bits per heavy atom. The van der Waals surface area contributed by atoms with Crippen LogP contribution in [-0.2, 0) is 4.79 Å². The molecule has 6 heteroatoms. The van der Waals surface area contributed by atoms with Gasteiger partial charge in [-0.2, -0.15) is 0 Å². The number of nitrogens with zero attached hydrogens (tertiary/aromatic N) is 1. The number of hydrogen-bond donors (Lipinski definition) is 1. The standard InChI is InChI=1S/C19H15NO3S2/c1-11-4-3-5-13(8-11)9-16-17(21)20(19(24)25-16)15-10-14(18(22)23)7-6-12(15)2/h3-10H,1-2H3,(H,22,23)/b16-9-. The van der Waals surface area contributed by atoms with Gasteiger partial charge in [0.2, 0.25) is 0 Å². The Morgan fingerprint density at radius 2 is 1.96 bits per heavy atom. The molecule has 0 aliphatic carbocycles. The molecule has 1 heterocycles. The molecule has 1 amide bonds. The molecule has 1 fully saturated rings. The molecule has 0 unspecified atom stereocenters. The third-order valence-corrected chi connectivity index (χ3v) is 5.13. The average molecular weight is 369 g/mol. The van der Waals surface area contributed by atoms with Gasteiger partial charge >= 0.3 is 5.97 Å². The maximum Gasteiger partial charge on any atom is 0.335 e. The number of rotatable bonds is 3. The summed E-state index contributed by atoms with van der Waals surface area (Å²) in [7, 11) is 0. The summed E-state index contributed by atoms with van der Waals surface area (Å²) in [6.07, 6.45) is 1.81. The fraction of sp³-hybridized carbons (Fsp3) is 0.105. The minimum Gasteiger partial charge on any atom is -0.478 e. The third kappa shape index (κ3) is 3.50. The molecule has 25 heavy (non-hydrogen) atoms. The van der Waals surface area contributed by atoms with E-state index < -0.39 is 5.97 Å². The first-order valence-electron chi connectivity index (χ1n) is 7.55. The van der Waals surface area contributed by atoms with Crippen molar-refractivity contribution in [2.45, 2.75) is 13.8 Å². The van der Waals surface area contributed by atoms with Crippen LogP contribution in [-0.4, -0.2) is 21.3 Å². The first kappa shape index (κ1) is 17.4. The van der Waals surface area contributed by atoms with E-state index >= 15 is 0 Å². The van der Waals surface area contributed by atoms with E-state index in [-0.39, 0.29) is 11.5 Å². The number of thioether (sulfide) groups is 1. The summed E-state index contributed by atoms with van der Waals surface area (Å²) in [5, 5.41) is 9.19. The zero-order valence-electron chi connectivity index (χ0n) is 13.6. The lowest BCUT2D eigenvalue weighted by atomic mass is 10.1. The number of hydrogen-bond acceptors (Lipinski definition) is 4. The van der Waals surface area contributed by atoms with Gasteiger partial charge in [-0.1, -0.05) is 59.9 Å².